The maximum Gasteiger partial charge on any atom is 0.408 e. The molecule has 0 fully saturated rings. The van der Waals surface area contributed by atoms with Crippen LogP contribution in [-0.4, -0.2) is 35.2 Å². The summed E-state index contributed by atoms with van der Waals surface area (Å²) in [4.78, 5) is 36.9. The molecule has 34 heavy (non-hydrogen) atoms. The van der Waals surface area contributed by atoms with Crippen molar-refractivity contribution >= 4 is 35.3 Å². The van der Waals surface area contributed by atoms with E-state index < -0.39 is 23.5 Å². The third-order valence-electron chi connectivity index (χ3n) is 5.79. The van der Waals surface area contributed by atoms with E-state index in [9.17, 15) is 19.5 Å². The number of anilines is 1. The molecular formula is C26H23ClN2O5. The number of benzene rings is 3. The Bertz CT molecular complexity index is 1240. The zero-order valence-corrected chi connectivity index (χ0v) is 19.3. The molecule has 3 aromatic rings. The van der Waals surface area contributed by atoms with E-state index in [1.54, 1.807) is 0 Å². The maximum absolute atomic E-state index is 12.8. The van der Waals surface area contributed by atoms with Crippen LogP contribution in [0.3, 0.4) is 0 Å². The van der Waals surface area contributed by atoms with Gasteiger partial charge in [-0.05, 0) is 54.3 Å². The van der Waals surface area contributed by atoms with E-state index in [1.165, 1.54) is 32.0 Å². The van der Waals surface area contributed by atoms with Crippen LogP contribution in [0.2, 0.25) is 5.02 Å². The molecule has 0 atom stereocenters. The van der Waals surface area contributed by atoms with Gasteiger partial charge in [-0.25, -0.2) is 9.59 Å². The van der Waals surface area contributed by atoms with Gasteiger partial charge < -0.3 is 20.5 Å². The predicted octanol–water partition coefficient (Wildman–Crippen LogP) is 5.29. The fourth-order valence-electron chi connectivity index (χ4n) is 4.03. The summed E-state index contributed by atoms with van der Waals surface area (Å²) in [5, 5.41) is 14.7. The largest absolute Gasteiger partial charge is 0.478 e. The summed E-state index contributed by atoms with van der Waals surface area (Å²) in [6.07, 6.45) is -0.758. The summed E-state index contributed by atoms with van der Waals surface area (Å²) < 4.78 is 5.51. The van der Waals surface area contributed by atoms with Crippen molar-refractivity contribution in [2.45, 2.75) is 25.3 Å². The molecule has 0 bridgehead atoms. The number of amides is 2. The lowest BCUT2D eigenvalue weighted by Gasteiger charge is -2.25. The highest BCUT2D eigenvalue weighted by Crippen LogP contribution is 2.44. The first-order chi connectivity index (χ1) is 16.2. The molecule has 3 N–H and O–H groups in total. The molecule has 0 aromatic heterocycles. The molecule has 0 aliphatic heterocycles. The molecule has 0 unspecified atom stereocenters. The number of carboxylic acid groups (broad SMARTS) is 1. The first-order valence-corrected chi connectivity index (χ1v) is 11.0. The highest BCUT2D eigenvalue weighted by molar-refractivity contribution is 6.31. The van der Waals surface area contributed by atoms with Crippen molar-refractivity contribution in [1.82, 2.24) is 5.32 Å². The highest BCUT2D eigenvalue weighted by atomic mass is 35.5. The Kier molecular flexibility index (Phi) is 6.30. The lowest BCUT2D eigenvalue weighted by atomic mass is 9.98. The zero-order valence-electron chi connectivity index (χ0n) is 18.6. The number of carbonyl (C=O) groups excluding carboxylic acids is 2. The fraction of sp³-hybridized carbons (Fsp3) is 0.192. The van der Waals surface area contributed by atoms with Gasteiger partial charge in [0.15, 0.2) is 0 Å². The molecule has 3 aromatic carbocycles. The number of halogens is 1. The Morgan fingerprint density at radius 2 is 1.56 bits per heavy atom. The molecule has 1 aliphatic rings. The number of carboxylic acids is 1. The maximum atomic E-state index is 12.8. The van der Waals surface area contributed by atoms with Gasteiger partial charge in [0.1, 0.15) is 12.1 Å². The number of fused-ring (bicyclic) bond motifs is 3. The number of carbonyl (C=O) groups is 3. The third kappa shape index (κ3) is 4.61. The van der Waals surface area contributed by atoms with Crippen molar-refractivity contribution in [2.75, 3.05) is 11.9 Å². The molecule has 0 spiro atoms. The van der Waals surface area contributed by atoms with Gasteiger partial charge in [-0.2, -0.15) is 0 Å². The van der Waals surface area contributed by atoms with Crippen LogP contribution < -0.4 is 10.6 Å². The Morgan fingerprint density at radius 1 is 0.971 bits per heavy atom. The summed E-state index contributed by atoms with van der Waals surface area (Å²) >= 11 is 5.94. The van der Waals surface area contributed by atoms with Gasteiger partial charge in [0.2, 0.25) is 5.91 Å². The molecular weight excluding hydrogens is 456 g/mol. The van der Waals surface area contributed by atoms with E-state index >= 15 is 0 Å². The molecule has 0 saturated heterocycles. The number of alkyl carbamates (subject to hydrolysis) is 1. The van der Waals surface area contributed by atoms with Crippen molar-refractivity contribution in [3.63, 3.8) is 0 Å². The summed E-state index contributed by atoms with van der Waals surface area (Å²) in [5.41, 5.74) is 2.92. The first kappa shape index (κ1) is 23.3. The smallest absolute Gasteiger partial charge is 0.408 e. The second kappa shape index (κ2) is 9.19. The van der Waals surface area contributed by atoms with Crippen molar-refractivity contribution in [2.24, 2.45) is 0 Å². The van der Waals surface area contributed by atoms with Crippen LogP contribution in [0.5, 0.6) is 0 Å². The van der Waals surface area contributed by atoms with E-state index in [1.807, 2.05) is 48.5 Å². The topological polar surface area (TPSA) is 105 Å². The highest BCUT2D eigenvalue weighted by Gasteiger charge is 2.33. The Balaban J connectivity index is 1.43. The lowest BCUT2D eigenvalue weighted by Crippen LogP contribution is -2.52. The normalized spacial score (nSPS) is 12.4. The first-order valence-electron chi connectivity index (χ1n) is 10.6. The third-order valence-corrected chi connectivity index (χ3v) is 6.02. The van der Waals surface area contributed by atoms with E-state index in [2.05, 4.69) is 10.6 Å². The second-order valence-electron chi connectivity index (χ2n) is 8.52. The number of hydrogen-bond donors (Lipinski definition) is 3. The van der Waals surface area contributed by atoms with Gasteiger partial charge in [0.25, 0.3) is 0 Å². The molecule has 7 nitrogen and oxygen atoms in total. The monoisotopic (exact) mass is 478 g/mol. The molecule has 2 amide bonds. The predicted molar refractivity (Wildman–Crippen MR) is 129 cm³/mol. The van der Waals surface area contributed by atoms with Gasteiger partial charge >= 0.3 is 12.1 Å². The minimum Gasteiger partial charge on any atom is -0.478 e. The molecule has 174 valence electrons. The van der Waals surface area contributed by atoms with Crippen molar-refractivity contribution < 1.29 is 24.2 Å². The van der Waals surface area contributed by atoms with Crippen LogP contribution in [0.15, 0.2) is 66.7 Å². The number of aromatic carboxylic acids is 1. The zero-order chi connectivity index (χ0) is 24.5. The molecule has 0 heterocycles. The van der Waals surface area contributed by atoms with Crippen LogP contribution in [0.1, 0.15) is 41.3 Å². The second-order valence-corrected chi connectivity index (χ2v) is 8.96. The average molecular weight is 479 g/mol. The Hall–Kier alpha value is -3.84. The lowest BCUT2D eigenvalue weighted by molar-refractivity contribution is -0.121. The summed E-state index contributed by atoms with van der Waals surface area (Å²) in [6, 6.07) is 20.0. The Morgan fingerprint density at radius 3 is 2.15 bits per heavy atom. The van der Waals surface area contributed by atoms with Gasteiger partial charge in [0, 0.05) is 10.9 Å². The Labute approximate surface area is 201 Å². The molecule has 0 radical (unpaired) electrons. The van der Waals surface area contributed by atoms with Gasteiger partial charge in [-0.3, -0.25) is 4.79 Å². The quantitative estimate of drug-likeness (QED) is 0.446. The van der Waals surface area contributed by atoms with E-state index in [0.29, 0.717) is 0 Å². The van der Waals surface area contributed by atoms with Crippen LogP contribution in [0.4, 0.5) is 10.5 Å². The summed E-state index contributed by atoms with van der Waals surface area (Å²) in [5.74, 6) is -1.94. The fourth-order valence-corrected chi connectivity index (χ4v) is 4.20. The minimum absolute atomic E-state index is 0.0346. The van der Waals surface area contributed by atoms with Gasteiger partial charge in [-0.1, -0.05) is 60.1 Å². The van der Waals surface area contributed by atoms with Crippen molar-refractivity contribution in [1.29, 1.82) is 0 Å². The number of hydrogen-bond acceptors (Lipinski definition) is 4. The van der Waals surface area contributed by atoms with Crippen molar-refractivity contribution in [3.8, 4) is 11.1 Å². The van der Waals surface area contributed by atoms with Crippen LogP contribution >= 0.6 is 11.6 Å². The standard InChI is InChI=1S/C26H23ClN2O5/c1-26(2,24(32)28-22-13-15(27)11-12-20(22)23(30)31)29-25(33)34-14-21-18-9-5-3-7-16(18)17-8-4-6-10-19(17)21/h3-13,21H,14H2,1-2H3,(H,28,32)(H,29,33)(H,30,31). The molecule has 1 aliphatic carbocycles. The molecule has 0 saturated carbocycles. The summed E-state index contributed by atoms with van der Waals surface area (Å²) in [7, 11) is 0. The molecule has 4 rings (SSSR count). The van der Waals surface area contributed by atoms with E-state index in [0.717, 1.165) is 22.3 Å². The van der Waals surface area contributed by atoms with Crippen molar-refractivity contribution in [3.05, 3.63) is 88.4 Å². The molecule has 8 heteroatoms. The van der Waals surface area contributed by atoms with Crippen LogP contribution in [0, 0.1) is 0 Å². The number of ether oxygens (including phenoxy) is 1. The number of rotatable bonds is 6. The van der Waals surface area contributed by atoms with Gasteiger partial charge in [0.05, 0.1) is 11.3 Å². The SMILES string of the molecule is CC(C)(NC(=O)OCC1c2ccccc2-c2ccccc21)C(=O)Nc1cc(Cl)ccc1C(=O)O. The van der Waals surface area contributed by atoms with E-state index in [-0.39, 0.29) is 28.8 Å². The minimum atomic E-state index is -1.39. The average Bonchev–Trinajstić information content (AvgIpc) is 3.11. The van der Waals surface area contributed by atoms with Gasteiger partial charge in [-0.15, -0.1) is 0 Å². The van der Waals surface area contributed by atoms with Crippen LogP contribution in [-0.2, 0) is 9.53 Å². The van der Waals surface area contributed by atoms with E-state index in [4.69, 9.17) is 16.3 Å². The number of nitrogens with one attached hydrogen (secondary N) is 2. The summed E-state index contributed by atoms with van der Waals surface area (Å²) in [6.45, 7) is 3.10. The van der Waals surface area contributed by atoms with Crippen LogP contribution in [0.25, 0.3) is 11.1 Å².